The highest BCUT2D eigenvalue weighted by molar-refractivity contribution is 7.89. The largest absolute Gasteiger partial charge is 0.453 e. The summed E-state index contributed by atoms with van der Waals surface area (Å²) in [5.74, 6) is -2.07. The summed E-state index contributed by atoms with van der Waals surface area (Å²) in [5.41, 5.74) is -0.0963. The first-order chi connectivity index (χ1) is 14.8. The average molecular weight is 475 g/mol. The van der Waals surface area contributed by atoms with Gasteiger partial charge in [-0.15, -0.1) is 5.10 Å². The van der Waals surface area contributed by atoms with Crippen molar-refractivity contribution in [3.8, 4) is 5.69 Å². The third kappa shape index (κ3) is 5.45. The Hall–Kier alpha value is -3.39. The van der Waals surface area contributed by atoms with E-state index >= 15 is 0 Å². The Morgan fingerprint density at radius 3 is 2.31 bits per heavy atom. The van der Waals surface area contributed by atoms with Crippen LogP contribution >= 0.6 is 0 Å². The van der Waals surface area contributed by atoms with Crippen molar-refractivity contribution in [2.75, 3.05) is 5.32 Å². The van der Waals surface area contributed by atoms with Gasteiger partial charge in [0.2, 0.25) is 15.9 Å². The second-order valence-corrected chi connectivity index (χ2v) is 8.04. The van der Waals surface area contributed by atoms with Crippen LogP contribution in [0.5, 0.6) is 0 Å². The van der Waals surface area contributed by atoms with E-state index in [1.807, 2.05) is 0 Å². The molecule has 3 aromatic rings. The first-order valence-corrected chi connectivity index (χ1v) is 10.2. The van der Waals surface area contributed by atoms with E-state index in [9.17, 15) is 35.2 Å². The monoisotopic (exact) mass is 475 g/mol. The standard InChI is InChI=1S/C18H14F5N5O3S/c19-16(20)11-3-1-10(2-4-11)7-15(29)26-12-5-6-13(14(8-12)32(24,30)31)28-9-25-17(27-28)18(21,22)23/h1-6,8-9,16H,7H2,(H,26,29)(H2,24,30,31). The molecule has 14 heteroatoms. The van der Waals surface area contributed by atoms with Crippen molar-refractivity contribution in [2.24, 2.45) is 5.14 Å². The first-order valence-electron chi connectivity index (χ1n) is 8.67. The van der Waals surface area contributed by atoms with Crippen molar-refractivity contribution in [3.05, 3.63) is 65.7 Å². The Morgan fingerprint density at radius 2 is 1.78 bits per heavy atom. The number of anilines is 1. The maximum atomic E-state index is 12.7. The average Bonchev–Trinajstić information content (AvgIpc) is 3.18. The zero-order valence-electron chi connectivity index (χ0n) is 15.8. The van der Waals surface area contributed by atoms with E-state index in [-0.39, 0.29) is 23.4 Å². The van der Waals surface area contributed by atoms with Gasteiger partial charge >= 0.3 is 6.18 Å². The molecule has 0 spiro atoms. The van der Waals surface area contributed by atoms with Gasteiger partial charge in [0.1, 0.15) is 11.2 Å². The minimum absolute atomic E-state index is 0.0110. The van der Waals surface area contributed by atoms with E-state index < -0.39 is 39.3 Å². The van der Waals surface area contributed by atoms with Gasteiger partial charge in [0.25, 0.3) is 12.2 Å². The van der Waals surface area contributed by atoms with Crippen molar-refractivity contribution < 1.29 is 35.2 Å². The summed E-state index contributed by atoms with van der Waals surface area (Å²) in [6.07, 6.45) is -7.01. The van der Waals surface area contributed by atoms with Crippen LogP contribution in [0.1, 0.15) is 23.4 Å². The third-order valence-corrected chi connectivity index (χ3v) is 5.08. The van der Waals surface area contributed by atoms with Crippen molar-refractivity contribution >= 4 is 21.6 Å². The summed E-state index contributed by atoms with van der Waals surface area (Å²) in [4.78, 5) is 14.7. The van der Waals surface area contributed by atoms with Gasteiger partial charge in [-0.3, -0.25) is 4.79 Å². The molecule has 0 saturated carbocycles. The van der Waals surface area contributed by atoms with Gasteiger partial charge < -0.3 is 5.32 Å². The Balaban J connectivity index is 1.84. The molecule has 32 heavy (non-hydrogen) atoms. The predicted octanol–water partition coefficient (Wildman–Crippen LogP) is 3.05. The molecule has 3 N–H and O–H groups in total. The van der Waals surface area contributed by atoms with Crippen LogP contribution in [-0.4, -0.2) is 29.1 Å². The fourth-order valence-electron chi connectivity index (χ4n) is 2.69. The number of benzene rings is 2. The lowest BCUT2D eigenvalue weighted by Crippen LogP contribution is -2.18. The minimum Gasteiger partial charge on any atom is -0.326 e. The van der Waals surface area contributed by atoms with Gasteiger partial charge in [0.05, 0.1) is 12.1 Å². The molecule has 0 fully saturated rings. The molecule has 0 saturated heterocycles. The third-order valence-electron chi connectivity index (χ3n) is 4.14. The van der Waals surface area contributed by atoms with Crippen LogP contribution in [0.25, 0.3) is 5.69 Å². The van der Waals surface area contributed by atoms with E-state index in [0.717, 1.165) is 12.1 Å². The highest BCUT2D eigenvalue weighted by atomic mass is 32.2. The molecular formula is C18H14F5N5O3S. The van der Waals surface area contributed by atoms with Crippen LogP contribution in [0, 0.1) is 0 Å². The van der Waals surface area contributed by atoms with Gasteiger partial charge in [0.15, 0.2) is 0 Å². The lowest BCUT2D eigenvalue weighted by atomic mass is 10.1. The predicted molar refractivity (Wildman–Crippen MR) is 101 cm³/mol. The maximum absolute atomic E-state index is 12.7. The van der Waals surface area contributed by atoms with Crippen molar-refractivity contribution in [2.45, 2.75) is 23.9 Å². The molecule has 0 bridgehead atoms. The van der Waals surface area contributed by atoms with Crippen LogP contribution in [0.4, 0.5) is 27.6 Å². The number of aromatic nitrogens is 3. The van der Waals surface area contributed by atoms with Gasteiger partial charge in [0, 0.05) is 11.3 Å². The summed E-state index contributed by atoms with van der Waals surface area (Å²) < 4.78 is 87.9. The Bertz CT molecular complexity index is 1240. The smallest absolute Gasteiger partial charge is 0.326 e. The SMILES string of the molecule is NS(=O)(=O)c1cc(NC(=O)Cc2ccc(C(F)F)cc2)ccc1-n1cnc(C(F)(F)F)n1. The number of nitrogens with two attached hydrogens (primary N) is 1. The fraction of sp³-hybridized carbons (Fsp3) is 0.167. The number of rotatable bonds is 6. The minimum atomic E-state index is -4.84. The van der Waals surface area contributed by atoms with Crippen molar-refractivity contribution in [1.29, 1.82) is 0 Å². The zero-order chi connectivity index (χ0) is 23.7. The Morgan fingerprint density at radius 1 is 1.12 bits per heavy atom. The van der Waals surface area contributed by atoms with Gasteiger partial charge in [-0.25, -0.2) is 32.0 Å². The molecule has 3 rings (SSSR count). The number of hydrogen-bond acceptors (Lipinski definition) is 5. The molecule has 1 heterocycles. The number of amides is 1. The van der Waals surface area contributed by atoms with Crippen LogP contribution in [-0.2, 0) is 27.4 Å². The molecule has 1 aromatic heterocycles. The number of alkyl halides is 5. The molecule has 0 unspecified atom stereocenters. The summed E-state index contributed by atoms with van der Waals surface area (Å²) in [6.45, 7) is 0. The van der Waals surface area contributed by atoms with Crippen LogP contribution < -0.4 is 10.5 Å². The number of nitrogens with one attached hydrogen (secondary N) is 1. The summed E-state index contributed by atoms with van der Waals surface area (Å²) in [6, 6.07) is 8.34. The number of halogens is 5. The molecule has 0 aliphatic carbocycles. The summed E-state index contributed by atoms with van der Waals surface area (Å²) in [5, 5.41) is 10.8. The van der Waals surface area contributed by atoms with E-state index in [0.29, 0.717) is 16.6 Å². The van der Waals surface area contributed by atoms with Crippen molar-refractivity contribution in [1.82, 2.24) is 14.8 Å². The van der Waals surface area contributed by atoms with Gasteiger partial charge in [-0.05, 0) is 23.8 Å². The Labute approximate surface area is 177 Å². The second-order valence-electron chi connectivity index (χ2n) is 6.51. The first kappa shape index (κ1) is 23.3. The normalized spacial score (nSPS) is 12.2. The van der Waals surface area contributed by atoms with Crippen LogP contribution in [0.3, 0.4) is 0 Å². The molecule has 0 aliphatic heterocycles. The van der Waals surface area contributed by atoms with Crippen molar-refractivity contribution in [3.63, 3.8) is 0 Å². The molecule has 8 nitrogen and oxygen atoms in total. The molecule has 0 atom stereocenters. The number of carbonyl (C=O) groups is 1. The summed E-state index contributed by atoms with van der Waals surface area (Å²) >= 11 is 0. The maximum Gasteiger partial charge on any atom is 0.453 e. The number of primary sulfonamides is 1. The van der Waals surface area contributed by atoms with E-state index in [1.54, 1.807) is 0 Å². The van der Waals surface area contributed by atoms with E-state index in [4.69, 9.17) is 5.14 Å². The highest BCUT2D eigenvalue weighted by Crippen LogP contribution is 2.28. The second kappa shape index (κ2) is 8.63. The lowest BCUT2D eigenvalue weighted by molar-refractivity contribution is -0.144. The van der Waals surface area contributed by atoms with Crippen LogP contribution in [0.2, 0.25) is 0 Å². The summed E-state index contributed by atoms with van der Waals surface area (Å²) in [7, 11) is -4.43. The number of sulfonamides is 1. The number of hydrogen-bond donors (Lipinski definition) is 2. The number of nitrogens with zero attached hydrogens (tertiary/aromatic N) is 3. The molecule has 170 valence electrons. The lowest BCUT2D eigenvalue weighted by Gasteiger charge is -2.11. The molecule has 1 amide bonds. The fourth-order valence-corrected chi connectivity index (χ4v) is 3.43. The zero-order valence-corrected chi connectivity index (χ0v) is 16.7. The van der Waals surface area contributed by atoms with E-state index in [2.05, 4.69) is 15.4 Å². The quantitative estimate of drug-likeness (QED) is 0.531. The van der Waals surface area contributed by atoms with Gasteiger partial charge in [-0.2, -0.15) is 13.2 Å². The molecular weight excluding hydrogens is 461 g/mol. The Kier molecular flexibility index (Phi) is 6.27. The topological polar surface area (TPSA) is 120 Å². The van der Waals surface area contributed by atoms with Gasteiger partial charge in [-0.1, -0.05) is 24.3 Å². The highest BCUT2D eigenvalue weighted by Gasteiger charge is 2.36. The molecule has 0 aliphatic rings. The number of carbonyl (C=O) groups excluding carboxylic acids is 1. The van der Waals surface area contributed by atoms with Crippen LogP contribution in [0.15, 0.2) is 53.7 Å². The van der Waals surface area contributed by atoms with E-state index in [1.165, 1.54) is 30.3 Å². The molecule has 2 aromatic carbocycles. The molecule has 0 radical (unpaired) electrons.